The van der Waals surface area contributed by atoms with Gasteiger partial charge in [-0.3, -0.25) is 4.79 Å². The molecule has 2 nitrogen and oxygen atoms in total. The highest BCUT2D eigenvalue weighted by atomic mass is 19.1. The molecule has 1 rings (SSSR count). The third-order valence-corrected chi connectivity index (χ3v) is 2.72. The van der Waals surface area contributed by atoms with Crippen LogP contribution in [-0.4, -0.2) is 18.5 Å². The van der Waals surface area contributed by atoms with Gasteiger partial charge in [0.1, 0.15) is 11.4 Å². The van der Waals surface area contributed by atoms with E-state index in [2.05, 4.69) is 0 Å². The van der Waals surface area contributed by atoms with Gasteiger partial charge in [-0.2, -0.15) is 0 Å². The Kier molecular flexibility index (Phi) is 3.58. The number of Topliss-reactive ketones (excluding diaryl/α,β-unsaturated/α-hetero) is 1. The van der Waals surface area contributed by atoms with E-state index in [-0.39, 0.29) is 11.3 Å². The Hall–Kier alpha value is -1.22. The summed E-state index contributed by atoms with van der Waals surface area (Å²) in [4.78, 5) is 12.0. The lowest BCUT2D eigenvalue weighted by Crippen LogP contribution is -2.37. The summed E-state index contributed by atoms with van der Waals surface area (Å²) in [5, 5.41) is 0. The molecule has 0 saturated carbocycles. The number of hydrogen-bond acceptors (Lipinski definition) is 2. The lowest BCUT2D eigenvalue weighted by molar-refractivity contribution is 0.0103. The van der Waals surface area contributed by atoms with Gasteiger partial charge in [-0.25, -0.2) is 4.39 Å². The first-order valence-corrected chi connectivity index (χ1v) is 4.89. The van der Waals surface area contributed by atoms with Crippen LogP contribution in [-0.2, 0) is 4.74 Å². The molecule has 0 radical (unpaired) electrons. The van der Waals surface area contributed by atoms with Gasteiger partial charge in [-0.1, -0.05) is 19.1 Å². The maximum Gasteiger partial charge on any atom is 0.197 e. The van der Waals surface area contributed by atoms with Crippen molar-refractivity contribution in [1.29, 1.82) is 0 Å². The number of hydrogen-bond donors (Lipinski definition) is 0. The molecule has 0 heterocycles. The molecule has 1 aromatic rings. The predicted molar refractivity (Wildman–Crippen MR) is 56.4 cm³/mol. The standard InChI is InChI=1S/C12H15FO2/c1-4-12(2,15-3)11(14)9-7-5-6-8-10(9)13/h5-8H,4H2,1-3H3. The minimum atomic E-state index is -0.942. The Morgan fingerprint density at radius 3 is 2.53 bits per heavy atom. The van der Waals surface area contributed by atoms with Crippen LogP contribution in [0.4, 0.5) is 4.39 Å². The number of halogens is 1. The third kappa shape index (κ3) is 2.23. The number of carbonyl (C=O) groups excluding carboxylic acids is 1. The molecule has 0 aliphatic heterocycles. The maximum atomic E-state index is 13.4. The molecule has 0 bridgehead atoms. The Morgan fingerprint density at radius 1 is 1.47 bits per heavy atom. The molecule has 0 aliphatic rings. The minimum absolute atomic E-state index is 0.0868. The summed E-state index contributed by atoms with van der Waals surface area (Å²) in [5.74, 6) is -0.815. The van der Waals surface area contributed by atoms with E-state index in [1.54, 1.807) is 19.1 Å². The van der Waals surface area contributed by atoms with Crippen LogP contribution < -0.4 is 0 Å². The van der Waals surface area contributed by atoms with Crippen LogP contribution in [0, 0.1) is 5.82 Å². The lowest BCUT2D eigenvalue weighted by atomic mass is 9.92. The molecule has 0 aliphatic carbocycles. The Morgan fingerprint density at radius 2 is 2.07 bits per heavy atom. The summed E-state index contributed by atoms with van der Waals surface area (Å²) in [6, 6.07) is 5.95. The molecule has 0 fully saturated rings. The average Bonchev–Trinajstić information content (AvgIpc) is 2.28. The molecule has 0 saturated heterocycles. The topological polar surface area (TPSA) is 26.3 Å². The first-order valence-electron chi connectivity index (χ1n) is 4.89. The second-order valence-corrected chi connectivity index (χ2v) is 3.60. The van der Waals surface area contributed by atoms with Crippen molar-refractivity contribution in [3.63, 3.8) is 0 Å². The van der Waals surface area contributed by atoms with Crippen LogP contribution in [0.1, 0.15) is 30.6 Å². The summed E-state index contributed by atoms with van der Waals surface area (Å²) in [6.45, 7) is 3.50. The normalized spacial score (nSPS) is 14.7. The predicted octanol–water partition coefficient (Wildman–Crippen LogP) is 2.82. The molecule has 15 heavy (non-hydrogen) atoms. The highest BCUT2D eigenvalue weighted by Gasteiger charge is 2.33. The van der Waals surface area contributed by atoms with Crippen molar-refractivity contribution in [2.24, 2.45) is 0 Å². The molecule has 1 aromatic carbocycles. The van der Waals surface area contributed by atoms with Gasteiger partial charge in [0.15, 0.2) is 5.78 Å². The molecule has 1 unspecified atom stereocenters. The summed E-state index contributed by atoms with van der Waals surface area (Å²) in [5.41, 5.74) is -0.856. The highest BCUT2D eigenvalue weighted by molar-refractivity contribution is 6.02. The number of carbonyl (C=O) groups is 1. The van der Waals surface area contributed by atoms with Crippen molar-refractivity contribution in [1.82, 2.24) is 0 Å². The van der Waals surface area contributed by atoms with Crippen molar-refractivity contribution in [3.8, 4) is 0 Å². The van der Waals surface area contributed by atoms with Gasteiger partial charge in [0.25, 0.3) is 0 Å². The number of rotatable bonds is 4. The van der Waals surface area contributed by atoms with Crippen molar-refractivity contribution in [3.05, 3.63) is 35.6 Å². The molecular weight excluding hydrogens is 195 g/mol. The number of ketones is 1. The first kappa shape index (κ1) is 11.9. The molecule has 0 spiro atoms. The van der Waals surface area contributed by atoms with Gasteiger partial charge in [-0.05, 0) is 25.5 Å². The third-order valence-electron chi connectivity index (χ3n) is 2.72. The lowest BCUT2D eigenvalue weighted by Gasteiger charge is -2.25. The first-order chi connectivity index (χ1) is 7.05. The fraction of sp³-hybridized carbons (Fsp3) is 0.417. The summed E-state index contributed by atoms with van der Waals surface area (Å²) in [7, 11) is 1.46. The van der Waals surface area contributed by atoms with Crippen LogP contribution in [0.5, 0.6) is 0 Å². The highest BCUT2D eigenvalue weighted by Crippen LogP contribution is 2.22. The van der Waals surface area contributed by atoms with Crippen molar-refractivity contribution in [2.75, 3.05) is 7.11 Å². The van der Waals surface area contributed by atoms with Gasteiger partial charge in [0.2, 0.25) is 0 Å². The molecule has 82 valence electrons. The van der Waals surface area contributed by atoms with Crippen molar-refractivity contribution in [2.45, 2.75) is 25.9 Å². The van der Waals surface area contributed by atoms with Gasteiger partial charge < -0.3 is 4.74 Å². The van der Waals surface area contributed by atoms with E-state index in [0.29, 0.717) is 6.42 Å². The fourth-order valence-corrected chi connectivity index (χ4v) is 1.33. The van der Waals surface area contributed by atoms with E-state index in [0.717, 1.165) is 0 Å². The minimum Gasteiger partial charge on any atom is -0.370 e. The molecule has 3 heteroatoms. The van der Waals surface area contributed by atoms with Crippen molar-refractivity contribution >= 4 is 5.78 Å². The van der Waals surface area contributed by atoms with Crippen LogP contribution in [0.2, 0.25) is 0 Å². The Labute approximate surface area is 89.1 Å². The quantitative estimate of drug-likeness (QED) is 0.714. The van der Waals surface area contributed by atoms with Gasteiger partial charge >= 0.3 is 0 Å². The van der Waals surface area contributed by atoms with Crippen molar-refractivity contribution < 1.29 is 13.9 Å². The smallest absolute Gasteiger partial charge is 0.197 e. The van der Waals surface area contributed by atoms with Crippen LogP contribution in [0.25, 0.3) is 0 Å². The molecule has 1 atom stereocenters. The second kappa shape index (κ2) is 4.53. The maximum absolute atomic E-state index is 13.4. The molecule has 0 amide bonds. The molecule has 0 aromatic heterocycles. The zero-order valence-corrected chi connectivity index (χ0v) is 9.21. The Balaban J connectivity index is 3.09. The average molecular weight is 210 g/mol. The van der Waals surface area contributed by atoms with E-state index >= 15 is 0 Å². The zero-order chi connectivity index (χ0) is 11.5. The van der Waals surface area contributed by atoms with Crippen LogP contribution >= 0.6 is 0 Å². The second-order valence-electron chi connectivity index (χ2n) is 3.60. The van der Waals surface area contributed by atoms with Crippen LogP contribution in [0.3, 0.4) is 0 Å². The Bertz CT molecular complexity index is 356. The summed E-state index contributed by atoms with van der Waals surface area (Å²) >= 11 is 0. The van der Waals surface area contributed by atoms with E-state index < -0.39 is 11.4 Å². The molecule has 0 N–H and O–H groups in total. The van der Waals surface area contributed by atoms with E-state index in [1.165, 1.54) is 19.2 Å². The largest absolute Gasteiger partial charge is 0.370 e. The number of ether oxygens (including phenoxy) is 1. The van der Waals surface area contributed by atoms with Gasteiger partial charge in [0, 0.05) is 7.11 Å². The van der Waals surface area contributed by atoms with Gasteiger partial charge in [0.05, 0.1) is 5.56 Å². The van der Waals surface area contributed by atoms with E-state index in [4.69, 9.17) is 4.74 Å². The molecular formula is C12H15FO2. The SMILES string of the molecule is CCC(C)(OC)C(=O)c1ccccc1F. The summed E-state index contributed by atoms with van der Waals surface area (Å²) in [6.07, 6.45) is 0.511. The van der Waals surface area contributed by atoms with E-state index in [1.807, 2.05) is 6.92 Å². The van der Waals surface area contributed by atoms with Crippen LogP contribution in [0.15, 0.2) is 24.3 Å². The summed E-state index contributed by atoms with van der Waals surface area (Å²) < 4.78 is 18.5. The van der Waals surface area contributed by atoms with E-state index in [9.17, 15) is 9.18 Å². The fourth-order valence-electron chi connectivity index (χ4n) is 1.33. The zero-order valence-electron chi connectivity index (χ0n) is 9.21. The number of benzene rings is 1. The van der Waals surface area contributed by atoms with Gasteiger partial charge in [-0.15, -0.1) is 0 Å². The number of methoxy groups -OCH3 is 1. The monoisotopic (exact) mass is 210 g/mol.